The van der Waals surface area contributed by atoms with E-state index in [0.29, 0.717) is 0 Å². The number of carbonyl (C=O) groups excluding carboxylic acids is 3. The molecule has 2 N–H and O–H groups in total. The largest absolute Gasteiger partial charge is 0.349 e. The maximum absolute atomic E-state index is 13.3. The van der Waals surface area contributed by atoms with Gasteiger partial charge in [-0.25, -0.2) is 4.79 Å². The van der Waals surface area contributed by atoms with Crippen molar-refractivity contribution in [3.63, 3.8) is 0 Å². The molecule has 4 saturated carbocycles. The van der Waals surface area contributed by atoms with Gasteiger partial charge in [0.1, 0.15) is 12.1 Å². The van der Waals surface area contributed by atoms with Crippen molar-refractivity contribution >= 4 is 17.8 Å². The first-order valence-electron chi connectivity index (χ1n) is 11.9. The number of amides is 4. The molecule has 1 aromatic carbocycles. The van der Waals surface area contributed by atoms with Gasteiger partial charge in [-0.15, -0.1) is 0 Å². The molecule has 5 fully saturated rings. The standard InChI is InChI=1S/C25H31N3O3/c1-24(20-6-5-18-3-2-4-19(18)10-20)22(30)28(23(31)27-24)14-21(29)26-25-11-15-7-16(12-25)9-17(8-15)13-25/h5-6,10,15-17H,2-4,7-9,11-14H2,1H3,(H,26,29)(H,27,31)/t15?,16?,17?,24-,25?/m1/s1. The molecule has 31 heavy (non-hydrogen) atoms. The molecule has 6 nitrogen and oxygen atoms in total. The van der Waals surface area contributed by atoms with Gasteiger partial charge in [-0.05, 0) is 99.2 Å². The second kappa shape index (κ2) is 6.57. The molecule has 164 valence electrons. The monoisotopic (exact) mass is 421 g/mol. The minimum atomic E-state index is -1.12. The fraction of sp³-hybridized carbons (Fsp3) is 0.640. The van der Waals surface area contributed by atoms with Gasteiger partial charge in [0.25, 0.3) is 5.91 Å². The summed E-state index contributed by atoms with van der Waals surface area (Å²) < 4.78 is 0. The van der Waals surface area contributed by atoms with Gasteiger partial charge in [-0.3, -0.25) is 14.5 Å². The molecule has 6 aliphatic rings. The van der Waals surface area contributed by atoms with Crippen molar-refractivity contribution in [3.05, 3.63) is 34.9 Å². The number of nitrogens with zero attached hydrogens (tertiary/aromatic N) is 1. The van der Waals surface area contributed by atoms with Crippen molar-refractivity contribution in [1.82, 2.24) is 15.5 Å². The minimum Gasteiger partial charge on any atom is -0.349 e. The van der Waals surface area contributed by atoms with E-state index in [1.165, 1.54) is 30.4 Å². The molecule has 0 radical (unpaired) electrons. The van der Waals surface area contributed by atoms with E-state index in [1.807, 2.05) is 6.07 Å². The van der Waals surface area contributed by atoms with Crippen molar-refractivity contribution in [3.8, 4) is 0 Å². The minimum absolute atomic E-state index is 0.117. The molecule has 4 amide bonds. The molecule has 1 heterocycles. The van der Waals surface area contributed by atoms with E-state index in [4.69, 9.17) is 0 Å². The number of rotatable bonds is 4. The Labute approximate surface area is 183 Å². The summed E-state index contributed by atoms with van der Waals surface area (Å²) in [5.74, 6) is 1.64. The maximum Gasteiger partial charge on any atom is 0.325 e. The Bertz CT molecular complexity index is 951. The summed E-state index contributed by atoms with van der Waals surface area (Å²) in [5, 5.41) is 6.14. The number of imide groups is 1. The Morgan fingerprint density at radius 3 is 2.39 bits per heavy atom. The summed E-state index contributed by atoms with van der Waals surface area (Å²) in [6.45, 7) is 1.55. The highest BCUT2D eigenvalue weighted by atomic mass is 16.2. The van der Waals surface area contributed by atoms with Gasteiger partial charge in [0.15, 0.2) is 0 Å². The molecule has 6 heteroatoms. The molecule has 1 aromatic rings. The zero-order valence-electron chi connectivity index (χ0n) is 18.2. The molecule has 0 spiro atoms. The zero-order valence-corrected chi connectivity index (χ0v) is 18.2. The van der Waals surface area contributed by atoms with Crippen molar-refractivity contribution < 1.29 is 14.4 Å². The lowest BCUT2D eigenvalue weighted by Gasteiger charge is -2.56. The summed E-state index contributed by atoms with van der Waals surface area (Å²) >= 11 is 0. The van der Waals surface area contributed by atoms with Crippen LogP contribution in [-0.2, 0) is 28.0 Å². The summed E-state index contributed by atoms with van der Waals surface area (Å²) in [4.78, 5) is 40.1. The molecule has 5 aliphatic carbocycles. The third-order valence-corrected chi connectivity index (χ3v) is 8.70. The zero-order chi connectivity index (χ0) is 21.4. The first kappa shape index (κ1) is 19.3. The molecule has 7 rings (SSSR count). The van der Waals surface area contributed by atoms with Crippen molar-refractivity contribution in [1.29, 1.82) is 0 Å². The second-order valence-electron chi connectivity index (χ2n) is 11.0. The van der Waals surface area contributed by atoms with Crippen LogP contribution in [0.5, 0.6) is 0 Å². The number of aryl methyl sites for hydroxylation is 2. The van der Waals surface area contributed by atoms with Crippen LogP contribution in [-0.4, -0.2) is 34.8 Å². The Balaban J connectivity index is 1.18. The highest BCUT2D eigenvalue weighted by Gasteiger charge is 2.53. The number of urea groups is 1. The maximum atomic E-state index is 13.3. The van der Waals surface area contributed by atoms with Crippen LogP contribution in [0.15, 0.2) is 18.2 Å². The summed E-state index contributed by atoms with van der Waals surface area (Å²) in [6, 6.07) is 5.60. The van der Waals surface area contributed by atoms with Gasteiger partial charge in [-0.2, -0.15) is 0 Å². The Hall–Kier alpha value is -2.37. The average molecular weight is 422 g/mol. The van der Waals surface area contributed by atoms with E-state index in [0.717, 1.165) is 66.7 Å². The highest BCUT2D eigenvalue weighted by molar-refractivity contribution is 6.09. The summed E-state index contributed by atoms with van der Waals surface area (Å²) in [7, 11) is 0. The molecular weight excluding hydrogens is 390 g/mol. The third-order valence-electron chi connectivity index (χ3n) is 8.70. The Morgan fingerprint density at radius 2 is 1.71 bits per heavy atom. The van der Waals surface area contributed by atoms with Crippen LogP contribution >= 0.6 is 0 Å². The van der Waals surface area contributed by atoms with Gasteiger partial charge in [0.05, 0.1) is 0 Å². The first-order valence-corrected chi connectivity index (χ1v) is 11.9. The SMILES string of the molecule is C[C@]1(c2ccc3c(c2)CCC3)NC(=O)N(CC(=O)NC23CC4CC(CC(C4)C2)C3)C1=O. The van der Waals surface area contributed by atoms with Crippen molar-refractivity contribution in [2.75, 3.05) is 6.54 Å². The van der Waals surface area contributed by atoms with Gasteiger partial charge < -0.3 is 10.6 Å². The van der Waals surface area contributed by atoms with Gasteiger partial charge >= 0.3 is 6.03 Å². The lowest BCUT2D eigenvalue weighted by atomic mass is 9.53. The van der Waals surface area contributed by atoms with Crippen LogP contribution in [0.25, 0.3) is 0 Å². The Morgan fingerprint density at radius 1 is 1.06 bits per heavy atom. The van der Waals surface area contributed by atoms with Crippen molar-refractivity contribution in [2.45, 2.75) is 75.8 Å². The van der Waals surface area contributed by atoms with Crippen LogP contribution < -0.4 is 10.6 Å². The second-order valence-corrected chi connectivity index (χ2v) is 11.0. The van der Waals surface area contributed by atoms with Gasteiger partial charge in [0, 0.05) is 5.54 Å². The van der Waals surface area contributed by atoms with Crippen molar-refractivity contribution in [2.24, 2.45) is 17.8 Å². The van der Waals surface area contributed by atoms with E-state index < -0.39 is 11.6 Å². The van der Waals surface area contributed by atoms with Gasteiger partial charge in [-0.1, -0.05) is 18.2 Å². The van der Waals surface area contributed by atoms with E-state index in [9.17, 15) is 14.4 Å². The fourth-order valence-corrected chi connectivity index (χ4v) is 7.66. The third kappa shape index (κ3) is 3.01. The molecule has 1 atom stereocenters. The lowest BCUT2D eigenvalue weighted by molar-refractivity contribution is -0.136. The summed E-state index contributed by atoms with van der Waals surface area (Å²) in [6.07, 6.45) is 10.3. The van der Waals surface area contributed by atoms with E-state index in [-0.39, 0.29) is 23.9 Å². The lowest BCUT2D eigenvalue weighted by Crippen LogP contribution is -2.61. The van der Waals surface area contributed by atoms with Gasteiger partial charge in [0.2, 0.25) is 5.91 Å². The number of nitrogens with one attached hydrogen (secondary N) is 2. The van der Waals surface area contributed by atoms with Crippen LogP contribution in [0.1, 0.15) is 68.6 Å². The van der Waals surface area contributed by atoms with E-state index in [1.54, 1.807) is 6.92 Å². The fourth-order valence-electron chi connectivity index (χ4n) is 7.66. The quantitative estimate of drug-likeness (QED) is 0.734. The number of benzene rings is 1. The van der Waals surface area contributed by atoms with Crippen LogP contribution in [0.3, 0.4) is 0 Å². The number of fused-ring (bicyclic) bond motifs is 1. The topological polar surface area (TPSA) is 78.5 Å². The molecule has 1 saturated heterocycles. The molecule has 4 bridgehead atoms. The smallest absolute Gasteiger partial charge is 0.325 e. The highest BCUT2D eigenvalue weighted by Crippen LogP contribution is 2.55. The number of hydrogen-bond donors (Lipinski definition) is 2. The predicted molar refractivity (Wildman–Crippen MR) is 115 cm³/mol. The molecular formula is C25H31N3O3. The molecule has 0 aromatic heterocycles. The molecule has 0 unspecified atom stereocenters. The van der Waals surface area contributed by atoms with E-state index in [2.05, 4.69) is 22.8 Å². The molecule has 1 aliphatic heterocycles. The predicted octanol–water partition coefficient (Wildman–Crippen LogP) is 3.03. The van der Waals surface area contributed by atoms with Crippen LogP contribution in [0, 0.1) is 17.8 Å². The summed E-state index contributed by atoms with van der Waals surface area (Å²) in [5.41, 5.74) is 2.16. The Kier molecular flexibility index (Phi) is 4.09. The first-order chi connectivity index (χ1) is 14.8. The normalized spacial score (nSPS) is 37.8. The van der Waals surface area contributed by atoms with E-state index >= 15 is 0 Å². The number of hydrogen-bond acceptors (Lipinski definition) is 3. The average Bonchev–Trinajstić information content (AvgIpc) is 3.25. The van der Waals surface area contributed by atoms with Crippen LogP contribution in [0.2, 0.25) is 0 Å². The number of carbonyl (C=O) groups is 3. The van der Waals surface area contributed by atoms with Crippen LogP contribution in [0.4, 0.5) is 4.79 Å².